The first-order valence-corrected chi connectivity index (χ1v) is 6.24. The molecule has 19 heavy (non-hydrogen) atoms. The van der Waals surface area contributed by atoms with Crippen LogP contribution in [0, 0.1) is 13.8 Å². The van der Waals surface area contributed by atoms with Crippen LogP contribution >= 0.6 is 0 Å². The van der Waals surface area contributed by atoms with Crippen molar-refractivity contribution in [2.45, 2.75) is 20.4 Å². The summed E-state index contributed by atoms with van der Waals surface area (Å²) >= 11 is 0. The van der Waals surface area contributed by atoms with Crippen molar-refractivity contribution < 1.29 is 4.42 Å². The summed E-state index contributed by atoms with van der Waals surface area (Å²) in [5.41, 5.74) is 1.08. The maximum atomic E-state index is 5.85. The minimum Gasteiger partial charge on any atom is -0.459 e. The third-order valence-electron chi connectivity index (χ3n) is 2.99. The molecule has 0 amide bonds. The molecule has 4 nitrogen and oxygen atoms in total. The zero-order valence-electron chi connectivity index (χ0n) is 11.0. The zero-order valence-corrected chi connectivity index (χ0v) is 11.0. The topological polar surface area (TPSA) is 43.9 Å². The van der Waals surface area contributed by atoms with Gasteiger partial charge in [0.25, 0.3) is 0 Å². The lowest BCUT2D eigenvalue weighted by Crippen LogP contribution is -2.03. The third kappa shape index (κ3) is 2.42. The molecule has 0 fully saturated rings. The number of aromatic nitrogens is 3. The first-order valence-electron chi connectivity index (χ1n) is 6.24. The van der Waals surface area contributed by atoms with Crippen LogP contribution in [-0.2, 0) is 6.54 Å². The molecule has 0 N–H and O–H groups in total. The van der Waals surface area contributed by atoms with Crippen LogP contribution in [-0.4, -0.2) is 14.8 Å². The summed E-state index contributed by atoms with van der Waals surface area (Å²) in [6, 6.07) is 14.0. The lowest BCUT2D eigenvalue weighted by molar-refractivity contribution is 0.485. The summed E-state index contributed by atoms with van der Waals surface area (Å²) in [6.45, 7) is 4.45. The smallest absolute Gasteiger partial charge is 0.147 e. The molecule has 0 atom stereocenters. The van der Waals surface area contributed by atoms with Crippen molar-refractivity contribution in [1.82, 2.24) is 14.8 Å². The molecule has 2 heterocycles. The Hall–Kier alpha value is -2.36. The number of furan rings is 1. The molecule has 0 bridgehead atoms. The van der Waals surface area contributed by atoms with Gasteiger partial charge in [-0.25, -0.2) is 9.67 Å². The predicted molar refractivity (Wildman–Crippen MR) is 72.7 cm³/mol. The van der Waals surface area contributed by atoms with Crippen LogP contribution < -0.4 is 0 Å². The van der Waals surface area contributed by atoms with Crippen LogP contribution in [0.1, 0.15) is 17.4 Å². The highest BCUT2D eigenvalue weighted by Crippen LogP contribution is 2.22. The van der Waals surface area contributed by atoms with Gasteiger partial charge in [0.15, 0.2) is 0 Å². The summed E-state index contributed by atoms with van der Waals surface area (Å²) < 4.78 is 7.70. The van der Waals surface area contributed by atoms with Gasteiger partial charge in [0.05, 0.1) is 0 Å². The number of aryl methyl sites for hydroxylation is 2. The Kier molecular flexibility index (Phi) is 2.91. The summed E-state index contributed by atoms with van der Waals surface area (Å²) in [6.07, 6.45) is 0. The van der Waals surface area contributed by atoms with Crippen LogP contribution in [0.5, 0.6) is 0 Å². The van der Waals surface area contributed by atoms with Gasteiger partial charge >= 0.3 is 0 Å². The van der Waals surface area contributed by atoms with E-state index in [0.717, 1.165) is 28.7 Å². The van der Waals surface area contributed by atoms with Crippen molar-refractivity contribution in [3.63, 3.8) is 0 Å². The average molecular weight is 253 g/mol. The van der Waals surface area contributed by atoms with Gasteiger partial charge in [0.1, 0.15) is 29.7 Å². The Morgan fingerprint density at radius 1 is 1.05 bits per heavy atom. The number of benzene rings is 1. The second-order valence-electron chi connectivity index (χ2n) is 4.50. The second kappa shape index (κ2) is 4.72. The van der Waals surface area contributed by atoms with Crippen molar-refractivity contribution in [1.29, 1.82) is 0 Å². The van der Waals surface area contributed by atoms with Gasteiger partial charge in [0.2, 0.25) is 0 Å². The van der Waals surface area contributed by atoms with Gasteiger partial charge in [-0.3, -0.25) is 0 Å². The third-order valence-corrected chi connectivity index (χ3v) is 2.99. The number of rotatable bonds is 3. The summed E-state index contributed by atoms with van der Waals surface area (Å²) in [5, 5.41) is 4.33. The average Bonchev–Trinajstić information content (AvgIpc) is 2.99. The first kappa shape index (κ1) is 11.7. The van der Waals surface area contributed by atoms with E-state index in [1.807, 2.05) is 61.0 Å². The molecule has 0 aliphatic rings. The predicted octanol–water partition coefficient (Wildman–Crippen LogP) is 3.20. The van der Waals surface area contributed by atoms with E-state index in [1.165, 1.54) is 0 Å². The van der Waals surface area contributed by atoms with Crippen LogP contribution in [0.15, 0.2) is 46.9 Å². The number of hydrogen-bond acceptors (Lipinski definition) is 3. The second-order valence-corrected chi connectivity index (χ2v) is 4.50. The highest BCUT2D eigenvalue weighted by atomic mass is 16.3. The van der Waals surface area contributed by atoms with Crippen molar-refractivity contribution in [2.75, 3.05) is 0 Å². The van der Waals surface area contributed by atoms with Crippen molar-refractivity contribution >= 4 is 0 Å². The van der Waals surface area contributed by atoms with E-state index in [9.17, 15) is 0 Å². The molecular weight excluding hydrogens is 238 g/mol. The molecule has 0 aliphatic heterocycles. The van der Waals surface area contributed by atoms with Gasteiger partial charge in [-0.15, -0.1) is 0 Å². The Balaban J connectivity index is 1.84. The molecule has 4 heteroatoms. The lowest BCUT2D eigenvalue weighted by Gasteiger charge is -2.00. The zero-order chi connectivity index (χ0) is 13.2. The Morgan fingerprint density at radius 2 is 1.84 bits per heavy atom. The molecule has 3 rings (SSSR count). The minimum atomic E-state index is 0.611. The number of hydrogen-bond donors (Lipinski definition) is 0. The normalized spacial score (nSPS) is 10.8. The summed E-state index contributed by atoms with van der Waals surface area (Å²) in [4.78, 5) is 4.28. The molecule has 0 saturated carbocycles. The molecular formula is C15H15N3O. The van der Waals surface area contributed by atoms with E-state index in [4.69, 9.17) is 4.42 Å². The SMILES string of the molecule is Cc1nc(C)n(Cc2ccc(-c3ccccc3)o2)n1. The maximum absolute atomic E-state index is 5.85. The standard InChI is InChI=1S/C15H15N3O/c1-11-16-12(2)18(17-11)10-14-8-9-15(19-14)13-6-4-3-5-7-13/h3-9H,10H2,1-2H3. The van der Waals surface area contributed by atoms with Gasteiger partial charge in [-0.05, 0) is 26.0 Å². The Morgan fingerprint density at radius 3 is 2.53 bits per heavy atom. The fourth-order valence-electron chi connectivity index (χ4n) is 2.08. The van der Waals surface area contributed by atoms with E-state index in [2.05, 4.69) is 10.1 Å². The van der Waals surface area contributed by atoms with Gasteiger partial charge in [-0.1, -0.05) is 30.3 Å². The van der Waals surface area contributed by atoms with Crippen LogP contribution in [0.25, 0.3) is 11.3 Å². The molecule has 96 valence electrons. The highest BCUT2D eigenvalue weighted by Gasteiger charge is 2.08. The van der Waals surface area contributed by atoms with Gasteiger partial charge < -0.3 is 4.42 Å². The lowest BCUT2D eigenvalue weighted by atomic mass is 10.2. The molecule has 0 unspecified atom stereocenters. The molecule has 3 aromatic rings. The van der Waals surface area contributed by atoms with Crippen molar-refractivity contribution in [3.8, 4) is 11.3 Å². The van der Waals surface area contributed by atoms with E-state index in [1.54, 1.807) is 0 Å². The Bertz CT molecular complexity index is 682. The summed E-state index contributed by atoms with van der Waals surface area (Å²) in [5.74, 6) is 3.44. The van der Waals surface area contributed by atoms with Crippen molar-refractivity contribution in [2.24, 2.45) is 0 Å². The quantitative estimate of drug-likeness (QED) is 0.720. The number of nitrogens with zero attached hydrogens (tertiary/aromatic N) is 3. The molecule has 0 radical (unpaired) electrons. The van der Waals surface area contributed by atoms with E-state index in [-0.39, 0.29) is 0 Å². The highest BCUT2D eigenvalue weighted by molar-refractivity contribution is 5.57. The molecule has 0 saturated heterocycles. The Labute approximate surface area is 111 Å². The van der Waals surface area contributed by atoms with Crippen LogP contribution in [0.2, 0.25) is 0 Å². The fraction of sp³-hybridized carbons (Fsp3) is 0.200. The largest absolute Gasteiger partial charge is 0.459 e. The minimum absolute atomic E-state index is 0.611. The maximum Gasteiger partial charge on any atom is 0.147 e. The first-order chi connectivity index (χ1) is 9.22. The van der Waals surface area contributed by atoms with Crippen molar-refractivity contribution in [3.05, 3.63) is 59.9 Å². The fourth-order valence-corrected chi connectivity index (χ4v) is 2.08. The van der Waals surface area contributed by atoms with Crippen LogP contribution in [0.4, 0.5) is 0 Å². The van der Waals surface area contributed by atoms with Crippen LogP contribution in [0.3, 0.4) is 0 Å². The van der Waals surface area contributed by atoms with E-state index in [0.29, 0.717) is 6.54 Å². The van der Waals surface area contributed by atoms with Gasteiger partial charge in [-0.2, -0.15) is 5.10 Å². The molecule has 1 aromatic carbocycles. The van der Waals surface area contributed by atoms with Gasteiger partial charge in [0, 0.05) is 5.56 Å². The molecule has 0 aliphatic carbocycles. The monoisotopic (exact) mass is 253 g/mol. The van der Waals surface area contributed by atoms with E-state index < -0.39 is 0 Å². The molecule has 0 spiro atoms. The molecule has 2 aromatic heterocycles. The summed E-state index contributed by atoms with van der Waals surface area (Å²) in [7, 11) is 0. The van der Waals surface area contributed by atoms with E-state index >= 15 is 0 Å².